The van der Waals surface area contributed by atoms with Gasteiger partial charge in [-0.1, -0.05) is 0 Å². The highest BCUT2D eigenvalue weighted by molar-refractivity contribution is 14.1. The fourth-order valence-electron chi connectivity index (χ4n) is 1.53. The third-order valence-corrected chi connectivity index (χ3v) is 3.42. The third-order valence-electron chi connectivity index (χ3n) is 2.28. The van der Waals surface area contributed by atoms with E-state index in [1.54, 1.807) is 20.3 Å². The van der Waals surface area contributed by atoms with Crippen molar-refractivity contribution in [1.82, 2.24) is 0 Å². The van der Waals surface area contributed by atoms with Crippen molar-refractivity contribution in [1.29, 1.82) is 0 Å². The predicted octanol–water partition coefficient (Wildman–Crippen LogP) is 1.98. The molecule has 0 saturated heterocycles. The lowest BCUT2D eigenvalue weighted by molar-refractivity contribution is 0.0534. The van der Waals surface area contributed by atoms with Crippen LogP contribution in [0, 0.1) is 3.57 Å². The van der Waals surface area contributed by atoms with Gasteiger partial charge in [0.25, 0.3) is 0 Å². The van der Waals surface area contributed by atoms with Gasteiger partial charge in [0.1, 0.15) is 6.61 Å². The minimum Gasteiger partial charge on any atom is -0.493 e. The number of fused-ring (bicyclic) bond motifs is 1. The van der Waals surface area contributed by atoms with Crippen molar-refractivity contribution in [2.45, 2.75) is 6.61 Å². The second-order valence-electron chi connectivity index (χ2n) is 3.03. The van der Waals surface area contributed by atoms with Crippen molar-refractivity contribution in [2.75, 3.05) is 14.2 Å². The summed E-state index contributed by atoms with van der Waals surface area (Å²) < 4.78 is 16.2. The van der Waals surface area contributed by atoms with E-state index >= 15 is 0 Å². The number of carbonyl (C=O) groups is 1. The highest BCUT2D eigenvalue weighted by Crippen LogP contribution is 2.39. The molecule has 2 rings (SSSR count). The highest BCUT2D eigenvalue weighted by atomic mass is 127. The van der Waals surface area contributed by atoms with E-state index in [9.17, 15) is 4.79 Å². The van der Waals surface area contributed by atoms with Crippen molar-refractivity contribution in [3.8, 4) is 11.5 Å². The molecule has 0 atom stereocenters. The zero-order valence-electron chi connectivity index (χ0n) is 8.30. The molecule has 15 heavy (non-hydrogen) atoms. The maximum Gasteiger partial charge on any atom is 0.339 e. The largest absolute Gasteiger partial charge is 0.493 e. The van der Waals surface area contributed by atoms with Crippen molar-refractivity contribution in [2.24, 2.45) is 0 Å². The van der Waals surface area contributed by atoms with E-state index < -0.39 is 0 Å². The summed E-state index contributed by atoms with van der Waals surface area (Å²) in [6.45, 7) is 0.312. The van der Waals surface area contributed by atoms with E-state index in [0.717, 1.165) is 9.13 Å². The number of hydrogen-bond acceptors (Lipinski definition) is 4. The van der Waals surface area contributed by atoms with Crippen LogP contribution in [0.4, 0.5) is 0 Å². The summed E-state index contributed by atoms with van der Waals surface area (Å²) in [6.07, 6.45) is 0. The van der Waals surface area contributed by atoms with Crippen molar-refractivity contribution in [3.63, 3.8) is 0 Å². The Hall–Kier alpha value is -0.980. The number of rotatable bonds is 2. The maximum absolute atomic E-state index is 11.4. The van der Waals surface area contributed by atoms with Gasteiger partial charge in [0, 0.05) is 5.56 Å². The Kier molecular flexibility index (Phi) is 2.72. The molecular weight excluding hydrogens is 311 g/mol. The van der Waals surface area contributed by atoms with Crippen molar-refractivity contribution in [3.05, 3.63) is 20.8 Å². The lowest BCUT2D eigenvalue weighted by atomic mass is 10.1. The quantitative estimate of drug-likeness (QED) is 0.617. The average molecular weight is 320 g/mol. The van der Waals surface area contributed by atoms with E-state index in [4.69, 9.17) is 14.2 Å². The van der Waals surface area contributed by atoms with E-state index in [0.29, 0.717) is 23.7 Å². The monoisotopic (exact) mass is 320 g/mol. The molecule has 5 heteroatoms. The summed E-state index contributed by atoms with van der Waals surface area (Å²) in [4.78, 5) is 11.4. The molecule has 0 aliphatic carbocycles. The standard InChI is InChI=1S/C10H9IO4/c1-13-7-3-5-6(4-15-10(5)12)8(11)9(7)14-2/h3H,4H2,1-2H3. The van der Waals surface area contributed by atoms with Gasteiger partial charge in [-0.05, 0) is 28.7 Å². The number of halogens is 1. The first-order valence-electron chi connectivity index (χ1n) is 4.29. The van der Waals surface area contributed by atoms with Gasteiger partial charge in [0.05, 0.1) is 23.4 Å². The average Bonchev–Trinajstić information content (AvgIpc) is 2.60. The van der Waals surface area contributed by atoms with Crippen LogP contribution in [0.2, 0.25) is 0 Å². The Morgan fingerprint density at radius 3 is 2.73 bits per heavy atom. The van der Waals surface area contributed by atoms with Crippen LogP contribution in [0.25, 0.3) is 0 Å². The fourth-order valence-corrected chi connectivity index (χ4v) is 2.46. The second-order valence-corrected chi connectivity index (χ2v) is 4.11. The summed E-state index contributed by atoms with van der Waals surface area (Å²) in [6, 6.07) is 1.66. The van der Waals surface area contributed by atoms with Crippen LogP contribution >= 0.6 is 22.6 Å². The summed E-state index contributed by atoms with van der Waals surface area (Å²) >= 11 is 2.13. The molecule has 1 aromatic carbocycles. The molecule has 0 amide bonds. The number of esters is 1. The van der Waals surface area contributed by atoms with Crippen molar-refractivity contribution < 1.29 is 19.0 Å². The molecule has 0 radical (unpaired) electrons. The minimum atomic E-state index is -0.302. The molecular formula is C10H9IO4. The number of hydrogen-bond donors (Lipinski definition) is 0. The lowest BCUT2D eigenvalue weighted by Crippen LogP contribution is -1.99. The van der Waals surface area contributed by atoms with E-state index in [-0.39, 0.29) is 5.97 Å². The Morgan fingerprint density at radius 2 is 2.13 bits per heavy atom. The minimum absolute atomic E-state index is 0.302. The van der Waals surface area contributed by atoms with Crippen molar-refractivity contribution >= 4 is 28.6 Å². The van der Waals surface area contributed by atoms with Gasteiger partial charge in [-0.2, -0.15) is 0 Å². The molecule has 1 aliphatic rings. The van der Waals surface area contributed by atoms with Gasteiger partial charge in [0.15, 0.2) is 11.5 Å². The SMILES string of the molecule is COc1cc2c(c(I)c1OC)COC2=O. The predicted molar refractivity (Wildman–Crippen MR) is 61.4 cm³/mol. The summed E-state index contributed by atoms with van der Waals surface area (Å²) in [7, 11) is 3.12. The lowest BCUT2D eigenvalue weighted by Gasteiger charge is -2.11. The number of methoxy groups -OCH3 is 2. The molecule has 4 nitrogen and oxygen atoms in total. The Bertz CT molecular complexity index is 428. The van der Waals surface area contributed by atoms with E-state index in [2.05, 4.69) is 22.6 Å². The van der Waals surface area contributed by atoms with Gasteiger partial charge in [0.2, 0.25) is 0 Å². The fraction of sp³-hybridized carbons (Fsp3) is 0.300. The molecule has 0 N–H and O–H groups in total. The van der Waals surface area contributed by atoms with Gasteiger partial charge in [-0.15, -0.1) is 0 Å². The Morgan fingerprint density at radius 1 is 1.40 bits per heavy atom. The van der Waals surface area contributed by atoms with Crippen LogP contribution < -0.4 is 9.47 Å². The van der Waals surface area contributed by atoms with Gasteiger partial charge < -0.3 is 14.2 Å². The van der Waals surface area contributed by atoms with E-state index in [1.807, 2.05) is 0 Å². The Balaban J connectivity index is 2.67. The number of ether oxygens (including phenoxy) is 3. The first-order valence-corrected chi connectivity index (χ1v) is 5.37. The molecule has 1 heterocycles. The normalized spacial score (nSPS) is 13.4. The Labute approximate surface area is 101 Å². The smallest absolute Gasteiger partial charge is 0.339 e. The van der Waals surface area contributed by atoms with Gasteiger partial charge >= 0.3 is 5.97 Å². The number of cyclic esters (lactones) is 1. The molecule has 0 saturated carbocycles. The van der Waals surface area contributed by atoms with Gasteiger partial charge in [-0.3, -0.25) is 0 Å². The molecule has 0 fully saturated rings. The first kappa shape index (κ1) is 10.5. The summed E-state index contributed by atoms with van der Waals surface area (Å²) in [5.41, 5.74) is 1.44. The molecule has 0 aromatic heterocycles. The first-order chi connectivity index (χ1) is 7.19. The molecule has 1 aromatic rings. The van der Waals surface area contributed by atoms with E-state index in [1.165, 1.54) is 0 Å². The zero-order chi connectivity index (χ0) is 11.0. The van der Waals surface area contributed by atoms with Crippen LogP contribution in [0.1, 0.15) is 15.9 Å². The molecule has 0 spiro atoms. The van der Waals surface area contributed by atoms with Crippen LogP contribution in [0.3, 0.4) is 0 Å². The summed E-state index contributed by atoms with van der Waals surface area (Å²) in [5, 5.41) is 0. The zero-order valence-corrected chi connectivity index (χ0v) is 10.5. The summed E-state index contributed by atoms with van der Waals surface area (Å²) in [5.74, 6) is 0.901. The van der Waals surface area contributed by atoms with Crippen LogP contribution in [-0.2, 0) is 11.3 Å². The topological polar surface area (TPSA) is 44.8 Å². The van der Waals surface area contributed by atoms with Crippen LogP contribution in [0.15, 0.2) is 6.07 Å². The molecule has 1 aliphatic heterocycles. The highest BCUT2D eigenvalue weighted by Gasteiger charge is 2.28. The third kappa shape index (κ3) is 1.54. The second kappa shape index (κ2) is 3.88. The maximum atomic E-state index is 11.4. The number of carbonyl (C=O) groups excluding carboxylic acids is 1. The molecule has 0 bridgehead atoms. The van der Waals surface area contributed by atoms with Crippen LogP contribution in [-0.4, -0.2) is 20.2 Å². The molecule has 80 valence electrons. The van der Waals surface area contributed by atoms with Gasteiger partial charge in [-0.25, -0.2) is 4.79 Å². The number of benzene rings is 1. The molecule has 0 unspecified atom stereocenters. The van der Waals surface area contributed by atoms with Crippen LogP contribution in [0.5, 0.6) is 11.5 Å².